The Kier molecular flexibility index (Phi) is 7.15. The Morgan fingerprint density at radius 2 is 1.66 bits per heavy atom. The van der Waals surface area contributed by atoms with Crippen LogP contribution in [0.4, 0.5) is 32.2 Å². The summed E-state index contributed by atoms with van der Waals surface area (Å²) in [6.45, 7) is 4.00. The molecule has 0 saturated carbocycles. The fraction of sp³-hybridized carbons (Fsp3) is 0.526. The fourth-order valence-corrected chi connectivity index (χ4v) is 3.13. The largest absolute Gasteiger partial charge is 0.417 e. The lowest BCUT2D eigenvalue weighted by molar-refractivity contribution is -0.206. The van der Waals surface area contributed by atoms with Gasteiger partial charge in [-0.1, -0.05) is 0 Å². The number of halogens is 6. The van der Waals surface area contributed by atoms with Crippen LogP contribution in [0.5, 0.6) is 0 Å². The van der Waals surface area contributed by atoms with Crippen LogP contribution in [0.2, 0.25) is 0 Å². The highest BCUT2D eigenvalue weighted by atomic mass is 32.1. The van der Waals surface area contributed by atoms with Gasteiger partial charge in [0.1, 0.15) is 5.82 Å². The monoisotopic (exact) mass is 484 g/mol. The Hall–Kier alpha value is -2.41. The van der Waals surface area contributed by atoms with Crippen molar-refractivity contribution in [3.8, 4) is 10.4 Å². The molecule has 0 aliphatic heterocycles. The Labute approximate surface area is 184 Å². The second-order valence-corrected chi connectivity index (χ2v) is 9.40. The Bertz CT molecular complexity index is 964. The van der Waals surface area contributed by atoms with E-state index < -0.39 is 41.4 Å². The van der Waals surface area contributed by atoms with E-state index in [1.807, 2.05) is 0 Å². The number of nitrogens with one attached hydrogen (secondary N) is 2. The summed E-state index contributed by atoms with van der Waals surface area (Å²) in [6.07, 6.45) is -7.44. The van der Waals surface area contributed by atoms with E-state index in [1.165, 1.54) is 13.8 Å². The van der Waals surface area contributed by atoms with Gasteiger partial charge in [-0.2, -0.15) is 26.3 Å². The Morgan fingerprint density at radius 1 is 1.03 bits per heavy atom. The van der Waals surface area contributed by atoms with Crippen molar-refractivity contribution in [3.05, 3.63) is 29.0 Å². The highest BCUT2D eigenvalue weighted by molar-refractivity contribution is 7.17. The van der Waals surface area contributed by atoms with E-state index in [9.17, 15) is 36.2 Å². The molecule has 13 heteroatoms. The highest BCUT2D eigenvalue weighted by Crippen LogP contribution is 2.41. The Morgan fingerprint density at radius 3 is 2.19 bits per heavy atom. The minimum Gasteiger partial charge on any atom is -0.389 e. The SMILES string of the molecule is CC(C)(O)CNC(=O)c1ncc(-c2cnc(NCC(C)(C)C(F)(F)F)cc2C(F)(F)F)s1. The minimum absolute atomic E-state index is 0.000375. The standard InChI is InChI=1S/C19H22F6N4O2S/c1-16(2,19(23,24)25)8-28-13-5-11(18(20,21)22)10(6-26-13)12-7-27-15(32-12)14(30)29-9-17(3,4)31/h5-7,31H,8-9H2,1-4H3,(H,26,28)(H,29,30). The molecular weight excluding hydrogens is 462 g/mol. The fourth-order valence-electron chi connectivity index (χ4n) is 2.27. The second kappa shape index (κ2) is 8.85. The first-order valence-electron chi connectivity index (χ1n) is 9.25. The van der Waals surface area contributed by atoms with E-state index in [0.29, 0.717) is 17.4 Å². The molecule has 2 heterocycles. The predicted octanol–water partition coefficient (Wildman–Crippen LogP) is 4.73. The number of anilines is 1. The number of aliphatic hydroxyl groups is 1. The lowest BCUT2D eigenvalue weighted by atomic mass is 9.93. The number of alkyl halides is 6. The topological polar surface area (TPSA) is 87.1 Å². The predicted molar refractivity (Wildman–Crippen MR) is 107 cm³/mol. The summed E-state index contributed by atoms with van der Waals surface area (Å²) >= 11 is 0.688. The minimum atomic E-state index is -4.83. The lowest BCUT2D eigenvalue weighted by Crippen LogP contribution is -2.38. The number of nitrogens with zero attached hydrogens (tertiary/aromatic N) is 2. The number of hydrogen-bond acceptors (Lipinski definition) is 6. The number of pyridine rings is 1. The average Bonchev–Trinajstić information content (AvgIpc) is 3.12. The molecule has 0 spiro atoms. The molecule has 0 bridgehead atoms. The van der Waals surface area contributed by atoms with Gasteiger partial charge >= 0.3 is 12.4 Å². The molecule has 2 aromatic heterocycles. The highest BCUT2D eigenvalue weighted by Gasteiger charge is 2.47. The maximum Gasteiger partial charge on any atom is 0.417 e. The summed E-state index contributed by atoms with van der Waals surface area (Å²) in [5, 5.41) is 14.3. The maximum absolute atomic E-state index is 13.6. The average molecular weight is 484 g/mol. The van der Waals surface area contributed by atoms with Crippen molar-refractivity contribution in [2.75, 3.05) is 18.4 Å². The van der Waals surface area contributed by atoms with Crippen LogP contribution in [0.3, 0.4) is 0 Å². The molecule has 0 radical (unpaired) electrons. The van der Waals surface area contributed by atoms with Crippen molar-refractivity contribution in [1.82, 2.24) is 15.3 Å². The molecule has 32 heavy (non-hydrogen) atoms. The van der Waals surface area contributed by atoms with Gasteiger partial charge in [0.15, 0.2) is 5.01 Å². The number of carbonyl (C=O) groups is 1. The third kappa shape index (κ3) is 6.55. The van der Waals surface area contributed by atoms with E-state index in [4.69, 9.17) is 0 Å². The molecule has 0 saturated heterocycles. The second-order valence-electron chi connectivity index (χ2n) is 8.37. The van der Waals surface area contributed by atoms with Gasteiger partial charge in [-0.05, 0) is 33.8 Å². The molecule has 0 fully saturated rings. The van der Waals surface area contributed by atoms with Crippen LogP contribution in [-0.2, 0) is 6.18 Å². The third-order valence-corrected chi connectivity index (χ3v) is 5.36. The summed E-state index contributed by atoms with van der Waals surface area (Å²) in [5.74, 6) is -1.04. The zero-order valence-corrected chi connectivity index (χ0v) is 18.4. The summed E-state index contributed by atoms with van der Waals surface area (Å²) in [6, 6.07) is 0.621. The molecule has 3 N–H and O–H groups in total. The van der Waals surface area contributed by atoms with Gasteiger partial charge in [-0.3, -0.25) is 4.79 Å². The zero-order valence-electron chi connectivity index (χ0n) is 17.6. The van der Waals surface area contributed by atoms with Crippen LogP contribution in [0.25, 0.3) is 10.4 Å². The van der Waals surface area contributed by atoms with Crippen molar-refractivity contribution >= 4 is 23.1 Å². The quantitative estimate of drug-likeness (QED) is 0.495. The van der Waals surface area contributed by atoms with Crippen molar-refractivity contribution in [2.24, 2.45) is 5.41 Å². The number of carbonyl (C=O) groups excluding carboxylic acids is 1. The first kappa shape index (κ1) is 25.8. The summed E-state index contributed by atoms with van der Waals surface area (Å²) in [4.78, 5) is 19.7. The maximum atomic E-state index is 13.6. The number of hydrogen-bond donors (Lipinski definition) is 3. The van der Waals surface area contributed by atoms with Gasteiger partial charge in [0.2, 0.25) is 0 Å². The Balaban J connectivity index is 2.30. The molecular formula is C19H22F6N4O2S. The van der Waals surface area contributed by atoms with Crippen LogP contribution in [0.15, 0.2) is 18.5 Å². The smallest absolute Gasteiger partial charge is 0.389 e. The van der Waals surface area contributed by atoms with Gasteiger partial charge in [0.05, 0.1) is 21.5 Å². The number of aromatic nitrogens is 2. The van der Waals surface area contributed by atoms with E-state index in [-0.39, 0.29) is 27.8 Å². The molecule has 0 aliphatic carbocycles. The molecule has 2 rings (SSSR count). The number of amides is 1. The van der Waals surface area contributed by atoms with E-state index >= 15 is 0 Å². The van der Waals surface area contributed by atoms with Gasteiger partial charge in [0.25, 0.3) is 5.91 Å². The summed E-state index contributed by atoms with van der Waals surface area (Å²) in [7, 11) is 0. The van der Waals surface area contributed by atoms with Crippen molar-refractivity contribution in [1.29, 1.82) is 0 Å². The van der Waals surface area contributed by atoms with Crippen LogP contribution in [0.1, 0.15) is 43.1 Å². The van der Waals surface area contributed by atoms with E-state index in [0.717, 1.165) is 26.2 Å². The lowest BCUT2D eigenvalue weighted by Gasteiger charge is -2.28. The molecule has 0 aliphatic rings. The summed E-state index contributed by atoms with van der Waals surface area (Å²) in [5.41, 5.74) is -4.87. The molecule has 1 amide bonds. The van der Waals surface area contributed by atoms with Crippen LogP contribution >= 0.6 is 11.3 Å². The first-order valence-corrected chi connectivity index (χ1v) is 10.1. The normalized spacial score (nSPS) is 13.2. The van der Waals surface area contributed by atoms with E-state index in [2.05, 4.69) is 20.6 Å². The zero-order chi connectivity index (χ0) is 24.5. The van der Waals surface area contributed by atoms with E-state index in [1.54, 1.807) is 0 Å². The molecule has 0 aromatic carbocycles. The number of rotatable bonds is 7. The molecule has 2 aromatic rings. The van der Waals surface area contributed by atoms with Gasteiger partial charge in [0, 0.05) is 31.0 Å². The van der Waals surface area contributed by atoms with Gasteiger partial charge in [-0.15, -0.1) is 11.3 Å². The van der Waals surface area contributed by atoms with Crippen LogP contribution < -0.4 is 10.6 Å². The first-order chi connectivity index (χ1) is 14.4. The summed E-state index contributed by atoms with van der Waals surface area (Å²) < 4.78 is 79.9. The van der Waals surface area contributed by atoms with Crippen LogP contribution in [-0.4, -0.2) is 45.8 Å². The number of thiazole rings is 1. The van der Waals surface area contributed by atoms with Crippen molar-refractivity contribution in [3.63, 3.8) is 0 Å². The molecule has 0 atom stereocenters. The van der Waals surface area contributed by atoms with Crippen molar-refractivity contribution in [2.45, 2.75) is 45.6 Å². The third-order valence-electron chi connectivity index (χ3n) is 4.34. The van der Waals surface area contributed by atoms with Crippen LogP contribution in [0, 0.1) is 5.41 Å². The van der Waals surface area contributed by atoms with Crippen molar-refractivity contribution < 1.29 is 36.2 Å². The van der Waals surface area contributed by atoms with Gasteiger partial charge < -0.3 is 15.7 Å². The van der Waals surface area contributed by atoms with Gasteiger partial charge in [-0.25, -0.2) is 9.97 Å². The molecule has 0 unspecified atom stereocenters. The molecule has 6 nitrogen and oxygen atoms in total. The molecule has 178 valence electrons.